The van der Waals surface area contributed by atoms with E-state index in [1.165, 1.54) is 0 Å². The molecule has 1 atom stereocenters. The van der Waals surface area contributed by atoms with Crippen LogP contribution in [0.25, 0.3) is 0 Å². The average molecular weight is 425 g/mol. The van der Waals surface area contributed by atoms with Crippen molar-refractivity contribution in [2.75, 3.05) is 21.0 Å². The van der Waals surface area contributed by atoms with Gasteiger partial charge in [0.2, 0.25) is 0 Å². The molecule has 0 aromatic heterocycles. The summed E-state index contributed by atoms with van der Waals surface area (Å²) < 4.78 is 23.2. The highest BCUT2D eigenvalue weighted by Gasteiger charge is 2.37. The van der Waals surface area contributed by atoms with Crippen LogP contribution in [0.2, 0.25) is 18.1 Å². The smallest absolute Gasteiger partial charge is 0.192 e. The highest BCUT2D eigenvalue weighted by molar-refractivity contribution is 6.74. The second-order valence-electron chi connectivity index (χ2n) is 9.29. The maximum Gasteiger partial charge on any atom is 0.192 e. The van der Waals surface area contributed by atoms with Crippen LogP contribution in [-0.2, 0) is 31.7 Å². The summed E-state index contributed by atoms with van der Waals surface area (Å²) >= 11 is 0. The van der Waals surface area contributed by atoms with E-state index in [2.05, 4.69) is 52.9 Å². The molecule has 166 valence electrons. The molecule has 29 heavy (non-hydrogen) atoms. The van der Waals surface area contributed by atoms with Crippen LogP contribution in [-0.4, -0.2) is 41.2 Å². The molecule has 6 heteroatoms. The fraction of sp³-hybridized carbons (Fsp3) is 0.696. The second-order valence-corrected chi connectivity index (χ2v) is 14.1. The van der Waals surface area contributed by atoms with Gasteiger partial charge in [-0.2, -0.15) is 0 Å². The van der Waals surface area contributed by atoms with Crippen molar-refractivity contribution < 1.29 is 23.4 Å². The normalized spacial score (nSPS) is 13.4. The topological polar surface area (TPSA) is 54.0 Å². The van der Waals surface area contributed by atoms with Crippen LogP contribution in [0.4, 0.5) is 0 Å². The molecule has 0 radical (unpaired) electrons. The summed E-state index contributed by atoms with van der Waals surface area (Å²) in [6.45, 7) is 15.6. The van der Waals surface area contributed by atoms with Crippen LogP contribution >= 0.6 is 0 Å². The van der Waals surface area contributed by atoms with Gasteiger partial charge in [-0.25, -0.2) is 0 Å². The summed E-state index contributed by atoms with van der Waals surface area (Å²) in [6.07, 6.45) is 1.74. The average Bonchev–Trinajstić information content (AvgIpc) is 2.61. The second kappa shape index (κ2) is 11.3. The lowest BCUT2D eigenvalue weighted by molar-refractivity contribution is -0.119. The lowest BCUT2D eigenvalue weighted by atomic mass is 9.96. The van der Waals surface area contributed by atoms with Gasteiger partial charge in [0.15, 0.2) is 8.32 Å². The fourth-order valence-electron chi connectivity index (χ4n) is 2.87. The minimum atomic E-state index is -1.90. The summed E-state index contributed by atoms with van der Waals surface area (Å²) in [5.74, 6) is 1.01. The van der Waals surface area contributed by atoms with E-state index in [1.807, 2.05) is 0 Å². The Morgan fingerprint density at radius 3 is 2.34 bits per heavy atom. The zero-order valence-corrected chi connectivity index (χ0v) is 20.8. The first-order valence-electron chi connectivity index (χ1n) is 10.3. The first-order valence-corrected chi connectivity index (χ1v) is 13.2. The van der Waals surface area contributed by atoms with Crippen LogP contribution in [0.1, 0.15) is 57.2 Å². The fourth-order valence-corrected chi connectivity index (χ4v) is 3.81. The number of ketones is 1. The zero-order chi connectivity index (χ0) is 22.2. The van der Waals surface area contributed by atoms with Crippen molar-refractivity contribution in [2.24, 2.45) is 0 Å². The number of rotatable bonds is 12. The molecule has 0 saturated carbocycles. The molecule has 5 nitrogen and oxygen atoms in total. The largest absolute Gasteiger partial charge is 0.496 e. The number of ether oxygens (including phenoxy) is 3. The van der Waals surface area contributed by atoms with Crippen molar-refractivity contribution in [3.63, 3.8) is 0 Å². The Hall–Kier alpha value is -1.21. The Balaban J connectivity index is 3.16. The maximum atomic E-state index is 11.5. The van der Waals surface area contributed by atoms with E-state index in [-0.39, 0.29) is 23.7 Å². The minimum Gasteiger partial charge on any atom is -0.496 e. The van der Waals surface area contributed by atoms with E-state index in [4.69, 9.17) is 18.6 Å². The lowest BCUT2D eigenvalue weighted by Crippen LogP contribution is -2.40. The third-order valence-corrected chi connectivity index (χ3v) is 10.2. The Labute approximate surface area is 178 Å². The van der Waals surface area contributed by atoms with Crippen LogP contribution < -0.4 is 4.74 Å². The Kier molecular flexibility index (Phi) is 10.0. The molecule has 1 rings (SSSR count). The number of aryl methyl sites for hydroxylation is 1. The Bertz CT molecular complexity index is 664. The predicted octanol–water partition coefficient (Wildman–Crippen LogP) is 5.43. The highest BCUT2D eigenvalue weighted by atomic mass is 28.4. The molecule has 0 heterocycles. The van der Waals surface area contributed by atoms with Gasteiger partial charge >= 0.3 is 0 Å². The molecule has 0 aliphatic carbocycles. The van der Waals surface area contributed by atoms with Crippen LogP contribution in [0.15, 0.2) is 12.1 Å². The molecular weight excluding hydrogens is 384 g/mol. The van der Waals surface area contributed by atoms with E-state index < -0.39 is 8.32 Å². The van der Waals surface area contributed by atoms with Crippen molar-refractivity contribution in [1.82, 2.24) is 0 Å². The van der Waals surface area contributed by atoms with Gasteiger partial charge in [0, 0.05) is 19.1 Å². The van der Waals surface area contributed by atoms with Crippen LogP contribution in [0.3, 0.4) is 0 Å². The van der Waals surface area contributed by atoms with Gasteiger partial charge in [0.05, 0.1) is 19.8 Å². The van der Waals surface area contributed by atoms with Crippen molar-refractivity contribution in [3.8, 4) is 5.75 Å². The van der Waals surface area contributed by atoms with Gasteiger partial charge in [-0.3, -0.25) is 0 Å². The molecule has 0 bridgehead atoms. The molecule has 0 fully saturated rings. The number of benzene rings is 1. The van der Waals surface area contributed by atoms with E-state index >= 15 is 0 Å². The summed E-state index contributed by atoms with van der Waals surface area (Å²) in [5.41, 5.74) is 3.34. The maximum absolute atomic E-state index is 11.5. The number of carbonyl (C=O) groups is 1. The monoisotopic (exact) mass is 424 g/mol. The number of Topliss-reactive ketones (excluding diaryl/α,β-unsaturated/α-hetero) is 1. The predicted molar refractivity (Wildman–Crippen MR) is 120 cm³/mol. The van der Waals surface area contributed by atoms with E-state index in [0.717, 1.165) is 22.4 Å². The molecule has 0 unspecified atom stereocenters. The lowest BCUT2D eigenvalue weighted by Gasteiger charge is -2.36. The molecule has 0 aliphatic heterocycles. The van der Waals surface area contributed by atoms with Gasteiger partial charge in [-0.15, -0.1) is 0 Å². The third kappa shape index (κ3) is 8.20. The van der Waals surface area contributed by atoms with Gasteiger partial charge in [-0.1, -0.05) is 26.8 Å². The van der Waals surface area contributed by atoms with Crippen molar-refractivity contribution in [3.05, 3.63) is 28.8 Å². The summed E-state index contributed by atoms with van der Waals surface area (Å²) in [4.78, 5) is 11.5. The molecule has 0 aliphatic rings. The Morgan fingerprint density at radius 2 is 1.83 bits per heavy atom. The number of hydrogen-bond donors (Lipinski definition) is 0. The molecular formula is C23H40O5Si. The summed E-state index contributed by atoms with van der Waals surface area (Å²) in [5, 5.41) is 0.136. The van der Waals surface area contributed by atoms with Gasteiger partial charge < -0.3 is 23.4 Å². The highest BCUT2D eigenvalue weighted by Crippen LogP contribution is 2.38. The summed E-state index contributed by atoms with van der Waals surface area (Å²) in [6, 6.07) is 4.22. The van der Waals surface area contributed by atoms with Gasteiger partial charge in [0.25, 0.3) is 0 Å². The minimum absolute atomic E-state index is 0.100. The van der Waals surface area contributed by atoms with E-state index in [1.54, 1.807) is 21.1 Å². The van der Waals surface area contributed by atoms with Gasteiger partial charge in [-0.05, 0) is 62.0 Å². The molecule has 1 aromatic carbocycles. The van der Waals surface area contributed by atoms with Crippen molar-refractivity contribution >= 4 is 14.1 Å². The van der Waals surface area contributed by atoms with E-state index in [0.29, 0.717) is 25.9 Å². The molecule has 0 amide bonds. The van der Waals surface area contributed by atoms with Crippen molar-refractivity contribution in [2.45, 2.75) is 84.7 Å². The number of hydrogen-bond acceptors (Lipinski definition) is 5. The standard InChI is InChI=1S/C23H40O5Si/c1-17-12-19(14-20(27-16-25-6)11-10-18(2)24)21(22(13-17)26-7)15-28-29(8,9)23(3,4)5/h12-13,20H,10-11,14-16H2,1-9H3/t20-/m0/s1. The molecule has 0 spiro atoms. The van der Waals surface area contributed by atoms with Crippen LogP contribution in [0, 0.1) is 6.92 Å². The SMILES string of the molecule is COCO[C@@H](CCC(C)=O)Cc1cc(C)cc(OC)c1CO[Si](C)(C)C(C)(C)C. The molecule has 1 aromatic rings. The number of methoxy groups -OCH3 is 2. The van der Waals surface area contributed by atoms with Gasteiger partial charge in [0.1, 0.15) is 18.3 Å². The van der Waals surface area contributed by atoms with Crippen molar-refractivity contribution in [1.29, 1.82) is 0 Å². The zero-order valence-electron chi connectivity index (χ0n) is 19.8. The van der Waals surface area contributed by atoms with E-state index in [9.17, 15) is 4.79 Å². The third-order valence-electron chi connectivity index (χ3n) is 5.74. The van der Waals surface area contributed by atoms with Crippen LogP contribution in [0.5, 0.6) is 5.75 Å². The Morgan fingerprint density at radius 1 is 1.17 bits per heavy atom. The number of carbonyl (C=O) groups excluding carboxylic acids is 1. The molecule has 0 N–H and O–H groups in total. The quantitative estimate of drug-likeness (QED) is 0.331. The first-order chi connectivity index (χ1) is 13.4. The summed E-state index contributed by atoms with van der Waals surface area (Å²) in [7, 11) is 1.40. The first kappa shape index (κ1) is 25.8. The molecule has 0 saturated heterocycles.